The number of amides is 1. The highest BCUT2D eigenvalue weighted by Crippen LogP contribution is 2.38. The van der Waals surface area contributed by atoms with E-state index in [1.807, 2.05) is 0 Å². The van der Waals surface area contributed by atoms with E-state index in [4.69, 9.17) is 0 Å². The first-order valence-electron chi connectivity index (χ1n) is 4.84. The normalized spacial score (nSPS) is 16.4. The van der Waals surface area contributed by atoms with E-state index in [0.29, 0.717) is 17.7 Å². The second-order valence-electron chi connectivity index (χ2n) is 3.76. The zero-order valence-electron chi connectivity index (χ0n) is 8.88. The monoisotopic (exact) mass is 381 g/mol. The van der Waals surface area contributed by atoms with Crippen LogP contribution in [-0.4, -0.2) is 24.5 Å². The highest BCUT2D eigenvalue weighted by Gasteiger charge is 2.52. The minimum absolute atomic E-state index is 0.246. The quantitative estimate of drug-likeness (QED) is 0.817. The van der Waals surface area contributed by atoms with Crippen molar-refractivity contribution in [2.75, 3.05) is 7.11 Å². The van der Waals surface area contributed by atoms with Crippen LogP contribution in [0.1, 0.15) is 22.5 Å². The van der Waals surface area contributed by atoms with Gasteiger partial charge in [0.2, 0.25) is 0 Å². The highest BCUT2D eigenvalue weighted by molar-refractivity contribution is 9.13. The third kappa shape index (κ3) is 2.56. The first kappa shape index (κ1) is 13.0. The smallest absolute Gasteiger partial charge is 0.331 e. The standard InChI is InChI=1S/C10H9Br2NO3S/c1-16-9(15)10(2-3-10)13-8(14)6-4-5(11)7(12)17-6/h4H,2-3H2,1H3,(H,13,14). The van der Waals surface area contributed by atoms with Gasteiger partial charge in [-0.3, -0.25) is 4.79 Å². The maximum Gasteiger partial charge on any atom is 0.331 e. The van der Waals surface area contributed by atoms with E-state index in [1.54, 1.807) is 6.07 Å². The molecule has 0 unspecified atom stereocenters. The molecule has 1 aliphatic rings. The lowest BCUT2D eigenvalue weighted by Crippen LogP contribution is -2.43. The molecule has 1 heterocycles. The molecule has 1 aromatic rings. The molecule has 0 bridgehead atoms. The molecule has 4 nitrogen and oxygen atoms in total. The van der Waals surface area contributed by atoms with Crippen LogP contribution in [0.2, 0.25) is 0 Å². The maximum atomic E-state index is 11.9. The van der Waals surface area contributed by atoms with E-state index in [9.17, 15) is 9.59 Å². The molecule has 0 radical (unpaired) electrons. The number of esters is 1. The second kappa shape index (κ2) is 4.70. The van der Waals surface area contributed by atoms with Gasteiger partial charge < -0.3 is 10.1 Å². The molecule has 0 aliphatic heterocycles. The molecular formula is C10H9Br2NO3S. The lowest BCUT2D eigenvalue weighted by molar-refractivity contribution is -0.144. The van der Waals surface area contributed by atoms with Gasteiger partial charge in [-0.15, -0.1) is 11.3 Å². The summed E-state index contributed by atoms with van der Waals surface area (Å²) in [7, 11) is 1.33. The van der Waals surface area contributed by atoms with Gasteiger partial charge in [0, 0.05) is 4.47 Å². The SMILES string of the molecule is COC(=O)C1(NC(=O)c2cc(Br)c(Br)s2)CC1. The summed E-state index contributed by atoms with van der Waals surface area (Å²) >= 11 is 7.95. The van der Waals surface area contributed by atoms with E-state index in [1.165, 1.54) is 18.4 Å². The van der Waals surface area contributed by atoms with Crippen LogP contribution in [0.15, 0.2) is 14.3 Å². The number of halogens is 2. The van der Waals surface area contributed by atoms with Gasteiger partial charge in [0.1, 0.15) is 5.54 Å². The first-order valence-corrected chi connectivity index (χ1v) is 7.24. The van der Waals surface area contributed by atoms with Gasteiger partial charge >= 0.3 is 5.97 Å². The zero-order chi connectivity index (χ0) is 12.6. The molecule has 1 aromatic heterocycles. The summed E-state index contributed by atoms with van der Waals surface area (Å²) in [6, 6.07) is 1.72. The molecule has 1 amide bonds. The third-order valence-corrected chi connectivity index (χ3v) is 5.80. The van der Waals surface area contributed by atoms with Gasteiger partial charge in [-0.25, -0.2) is 4.79 Å². The Bertz CT molecular complexity index is 462. The average molecular weight is 383 g/mol. The number of hydrogen-bond donors (Lipinski definition) is 1. The van der Waals surface area contributed by atoms with Crippen molar-refractivity contribution in [3.8, 4) is 0 Å². The molecule has 0 spiro atoms. The summed E-state index contributed by atoms with van der Waals surface area (Å²) < 4.78 is 6.36. The average Bonchev–Trinajstić information content (AvgIpc) is 3.00. The van der Waals surface area contributed by atoms with E-state index < -0.39 is 5.54 Å². The van der Waals surface area contributed by atoms with Crippen LogP contribution in [0, 0.1) is 0 Å². The molecule has 1 fully saturated rings. The Morgan fingerprint density at radius 3 is 2.53 bits per heavy atom. The molecule has 7 heteroatoms. The van der Waals surface area contributed by atoms with Gasteiger partial charge in [0.15, 0.2) is 0 Å². The highest BCUT2D eigenvalue weighted by atomic mass is 79.9. The van der Waals surface area contributed by atoms with Crippen LogP contribution in [-0.2, 0) is 9.53 Å². The number of ether oxygens (including phenoxy) is 1. The van der Waals surface area contributed by atoms with Crippen molar-refractivity contribution in [1.82, 2.24) is 5.32 Å². The number of thiophene rings is 1. The van der Waals surface area contributed by atoms with Gasteiger partial charge in [-0.2, -0.15) is 0 Å². The Morgan fingerprint density at radius 1 is 1.47 bits per heavy atom. The summed E-state index contributed by atoms with van der Waals surface area (Å²) in [4.78, 5) is 24.0. The van der Waals surface area contributed by atoms with Gasteiger partial charge in [0.25, 0.3) is 5.91 Å². The van der Waals surface area contributed by atoms with Crippen LogP contribution in [0.25, 0.3) is 0 Å². The molecule has 0 saturated heterocycles. The predicted molar refractivity (Wildman–Crippen MR) is 71.2 cm³/mol. The Kier molecular flexibility index (Phi) is 3.61. The Balaban J connectivity index is 2.10. The van der Waals surface area contributed by atoms with Crippen molar-refractivity contribution in [3.63, 3.8) is 0 Å². The Morgan fingerprint density at radius 2 is 2.12 bits per heavy atom. The van der Waals surface area contributed by atoms with E-state index in [-0.39, 0.29) is 11.9 Å². The van der Waals surface area contributed by atoms with Crippen molar-refractivity contribution in [2.45, 2.75) is 18.4 Å². The van der Waals surface area contributed by atoms with E-state index in [0.717, 1.165) is 8.26 Å². The number of carbonyl (C=O) groups is 2. The topological polar surface area (TPSA) is 55.4 Å². The van der Waals surface area contributed by atoms with Crippen molar-refractivity contribution < 1.29 is 14.3 Å². The summed E-state index contributed by atoms with van der Waals surface area (Å²) in [6.07, 6.45) is 1.28. The molecule has 1 aliphatic carbocycles. The molecule has 92 valence electrons. The largest absolute Gasteiger partial charge is 0.467 e. The fraction of sp³-hybridized carbons (Fsp3) is 0.400. The van der Waals surface area contributed by atoms with E-state index in [2.05, 4.69) is 41.9 Å². The molecule has 1 N–H and O–H groups in total. The molecule has 17 heavy (non-hydrogen) atoms. The molecule has 0 aromatic carbocycles. The summed E-state index contributed by atoms with van der Waals surface area (Å²) in [5, 5.41) is 2.73. The summed E-state index contributed by atoms with van der Waals surface area (Å²) in [5.41, 5.74) is -0.797. The third-order valence-electron chi connectivity index (χ3n) is 2.55. The van der Waals surface area contributed by atoms with Gasteiger partial charge in [-0.1, -0.05) is 0 Å². The van der Waals surface area contributed by atoms with Crippen LogP contribution >= 0.6 is 43.2 Å². The molecular weight excluding hydrogens is 374 g/mol. The van der Waals surface area contributed by atoms with Gasteiger partial charge in [0.05, 0.1) is 15.8 Å². The Labute approximate surface area is 119 Å². The minimum Gasteiger partial charge on any atom is -0.467 e. The van der Waals surface area contributed by atoms with Crippen LogP contribution < -0.4 is 5.32 Å². The van der Waals surface area contributed by atoms with Crippen molar-refractivity contribution >= 4 is 55.1 Å². The minimum atomic E-state index is -0.797. The molecule has 1 saturated carbocycles. The lowest BCUT2D eigenvalue weighted by atomic mass is 10.2. The lowest BCUT2D eigenvalue weighted by Gasteiger charge is -2.13. The zero-order valence-corrected chi connectivity index (χ0v) is 12.9. The van der Waals surface area contributed by atoms with Gasteiger partial charge in [-0.05, 0) is 50.8 Å². The Hall–Kier alpha value is -0.400. The fourth-order valence-corrected chi connectivity index (χ4v) is 3.37. The number of nitrogens with one attached hydrogen (secondary N) is 1. The van der Waals surface area contributed by atoms with Crippen molar-refractivity contribution in [3.05, 3.63) is 19.2 Å². The predicted octanol–water partition coefficient (Wildman–Crippen LogP) is 2.71. The number of hydrogen-bond acceptors (Lipinski definition) is 4. The number of methoxy groups -OCH3 is 1. The van der Waals surface area contributed by atoms with E-state index >= 15 is 0 Å². The van der Waals surface area contributed by atoms with Crippen LogP contribution in [0.5, 0.6) is 0 Å². The first-order chi connectivity index (χ1) is 7.98. The second-order valence-corrected chi connectivity index (χ2v) is 6.98. The number of carbonyl (C=O) groups excluding carboxylic acids is 2. The van der Waals surface area contributed by atoms with Crippen molar-refractivity contribution in [2.24, 2.45) is 0 Å². The molecule has 2 rings (SSSR count). The van der Waals surface area contributed by atoms with Crippen LogP contribution in [0.3, 0.4) is 0 Å². The molecule has 0 atom stereocenters. The van der Waals surface area contributed by atoms with Crippen molar-refractivity contribution in [1.29, 1.82) is 0 Å². The summed E-state index contributed by atoms with van der Waals surface area (Å²) in [6.45, 7) is 0. The maximum absolute atomic E-state index is 11.9. The fourth-order valence-electron chi connectivity index (χ4n) is 1.44. The number of rotatable bonds is 3. The summed E-state index contributed by atoms with van der Waals surface area (Å²) in [5.74, 6) is -0.621. The van der Waals surface area contributed by atoms with Crippen LogP contribution in [0.4, 0.5) is 0 Å².